The number of urea groups is 1. The van der Waals surface area contributed by atoms with E-state index >= 15 is 0 Å². The summed E-state index contributed by atoms with van der Waals surface area (Å²) in [5.74, 6) is -0.312. The fraction of sp³-hybridized carbons (Fsp3) is 0.333. The summed E-state index contributed by atoms with van der Waals surface area (Å²) < 4.78 is 4.56. The molecular formula is C9H16N2O3. The van der Waals surface area contributed by atoms with E-state index in [1.807, 2.05) is 0 Å². The molecule has 0 atom stereocenters. The Balaban J connectivity index is 0. The predicted molar refractivity (Wildman–Crippen MR) is 54.4 cm³/mol. The maximum atomic E-state index is 10.4. The Morgan fingerprint density at radius 2 is 2.07 bits per heavy atom. The molecule has 0 radical (unpaired) electrons. The Kier molecular flexibility index (Phi) is 9.79. The minimum absolute atomic E-state index is 0.312. The molecule has 0 fully saturated rings. The number of hydrogen-bond donors (Lipinski definition) is 2. The molecule has 0 aliphatic carbocycles. The number of esters is 1. The summed E-state index contributed by atoms with van der Waals surface area (Å²) in [5, 5.41) is 2.11. The summed E-state index contributed by atoms with van der Waals surface area (Å²) >= 11 is 0. The summed E-state index contributed by atoms with van der Waals surface area (Å²) in [7, 11) is 0. The molecule has 0 aromatic rings. The van der Waals surface area contributed by atoms with E-state index in [4.69, 9.17) is 0 Å². The molecule has 0 spiro atoms. The van der Waals surface area contributed by atoms with E-state index in [2.05, 4.69) is 28.9 Å². The van der Waals surface area contributed by atoms with Gasteiger partial charge >= 0.3 is 12.0 Å². The first-order chi connectivity index (χ1) is 6.45. The van der Waals surface area contributed by atoms with Crippen molar-refractivity contribution in [2.45, 2.75) is 13.8 Å². The van der Waals surface area contributed by atoms with Gasteiger partial charge in [-0.3, -0.25) is 0 Å². The van der Waals surface area contributed by atoms with E-state index in [0.717, 1.165) is 0 Å². The summed E-state index contributed by atoms with van der Waals surface area (Å²) in [6.07, 6.45) is 1.22. The molecule has 0 saturated heterocycles. The van der Waals surface area contributed by atoms with Crippen LogP contribution in [0, 0.1) is 0 Å². The molecule has 0 rings (SSSR count). The van der Waals surface area contributed by atoms with Crippen LogP contribution in [0.4, 0.5) is 4.79 Å². The molecule has 0 aliphatic heterocycles. The maximum Gasteiger partial charge on any atom is 0.333 e. The molecule has 0 saturated carbocycles. The van der Waals surface area contributed by atoms with Crippen LogP contribution >= 0.6 is 0 Å². The molecule has 5 nitrogen and oxygen atoms in total. The molecule has 0 unspecified atom stereocenters. The van der Waals surface area contributed by atoms with Crippen LogP contribution in [0.1, 0.15) is 13.8 Å². The lowest BCUT2D eigenvalue weighted by Gasteiger charge is -1.96. The van der Waals surface area contributed by atoms with Gasteiger partial charge in [-0.25, -0.2) is 9.59 Å². The molecule has 0 aromatic carbocycles. The minimum atomic E-state index is -0.579. The van der Waals surface area contributed by atoms with Crippen molar-refractivity contribution < 1.29 is 14.3 Å². The fourth-order valence-electron chi connectivity index (χ4n) is 0.355. The average Bonchev–Trinajstić information content (AvgIpc) is 2.05. The van der Waals surface area contributed by atoms with Gasteiger partial charge in [0.05, 0.1) is 6.61 Å². The normalized spacial score (nSPS) is 7.57. The van der Waals surface area contributed by atoms with E-state index < -0.39 is 6.03 Å². The Labute approximate surface area is 83.6 Å². The highest BCUT2D eigenvalue weighted by Crippen LogP contribution is 1.89. The number of carbonyl (C=O) groups excluding carboxylic acids is 2. The van der Waals surface area contributed by atoms with Crippen LogP contribution in [-0.4, -0.2) is 18.6 Å². The van der Waals surface area contributed by atoms with Gasteiger partial charge in [0.1, 0.15) is 0 Å². The largest absolute Gasteiger partial charge is 0.463 e. The molecule has 2 amide bonds. The van der Waals surface area contributed by atoms with E-state index in [1.54, 1.807) is 13.8 Å². The quantitative estimate of drug-likeness (QED) is 0.525. The van der Waals surface area contributed by atoms with Crippen LogP contribution in [0.2, 0.25) is 0 Å². The van der Waals surface area contributed by atoms with Crippen molar-refractivity contribution in [3.05, 3.63) is 24.9 Å². The number of amides is 2. The van der Waals surface area contributed by atoms with Gasteiger partial charge < -0.3 is 15.8 Å². The number of ether oxygens (including phenoxy) is 1. The second-order valence-electron chi connectivity index (χ2n) is 2.21. The van der Waals surface area contributed by atoms with E-state index in [0.29, 0.717) is 12.2 Å². The lowest BCUT2D eigenvalue weighted by atomic mass is 10.4. The van der Waals surface area contributed by atoms with Gasteiger partial charge in [-0.2, -0.15) is 0 Å². The summed E-state index contributed by atoms with van der Waals surface area (Å²) in [6.45, 7) is 10.4. The van der Waals surface area contributed by atoms with Crippen LogP contribution in [0.5, 0.6) is 0 Å². The fourth-order valence-corrected chi connectivity index (χ4v) is 0.355. The SMILES string of the molecule is C=C(C)C(=O)OCC.C=CNC(N)=O. The Bertz CT molecular complexity index is 224. The molecule has 14 heavy (non-hydrogen) atoms. The molecule has 0 bridgehead atoms. The Morgan fingerprint density at radius 3 is 2.14 bits per heavy atom. The highest BCUT2D eigenvalue weighted by Gasteiger charge is 1.98. The van der Waals surface area contributed by atoms with Crippen LogP contribution in [-0.2, 0) is 9.53 Å². The third-order valence-electron chi connectivity index (χ3n) is 0.868. The first kappa shape index (κ1) is 14.7. The zero-order valence-corrected chi connectivity index (χ0v) is 8.50. The summed E-state index contributed by atoms with van der Waals surface area (Å²) in [6, 6.07) is -0.579. The summed E-state index contributed by atoms with van der Waals surface area (Å²) in [5.41, 5.74) is 5.03. The highest BCUT2D eigenvalue weighted by molar-refractivity contribution is 5.86. The van der Waals surface area contributed by atoms with E-state index in [-0.39, 0.29) is 5.97 Å². The van der Waals surface area contributed by atoms with E-state index in [9.17, 15) is 9.59 Å². The number of carbonyl (C=O) groups is 2. The van der Waals surface area contributed by atoms with Crippen molar-refractivity contribution >= 4 is 12.0 Å². The second kappa shape index (κ2) is 9.31. The smallest absolute Gasteiger partial charge is 0.333 e. The number of nitrogens with one attached hydrogen (secondary N) is 1. The Hall–Kier alpha value is -1.78. The van der Waals surface area contributed by atoms with Gasteiger partial charge in [-0.15, -0.1) is 0 Å². The van der Waals surface area contributed by atoms with Crippen molar-refractivity contribution in [2.24, 2.45) is 5.73 Å². The van der Waals surface area contributed by atoms with Crippen molar-refractivity contribution in [3.8, 4) is 0 Å². The van der Waals surface area contributed by atoms with Gasteiger partial charge in [0.25, 0.3) is 0 Å². The van der Waals surface area contributed by atoms with Gasteiger partial charge in [0, 0.05) is 5.57 Å². The number of rotatable bonds is 3. The maximum absolute atomic E-state index is 10.4. The lowest BCUT2D eigenvalue weighted by molar-refractivity contribution is -0.138. The molecule has 5 heteroatoms. The van der Waals surface area contributed by atoms with Crippen molar-refractivity contribution in [3.63, 3.8) is 0 Å². The summed E-state index contributed by atoms with van der Waals surface area (Å²) in [4.78, 5) is 20.1. The van der Waals surface area contributed by atoms with Crippen LogP contribution in [0.15, 0.2) is 24.9 Å². The molecular weight excluding hydrogens is 184 g/mol. The predicted octanol–water partition coefficient (Wildman–Crippen LogP) is 0.924. The zero-order valence-electron chi connectivity index (χ0n) is 8.50. The van der Waals surface area contributed by atoms with Gasteiger partial charge in [-0.1, -0.05) is 13.2 Å². The van der Waals surface area contributed by atoms with Crippen LogP contribution in [0.3, 0.4) is 0 Å². The first-order valence-corrected chi connectivity index (χ1v) is 3.95. The number of primary amides is 1. The number of nitrogens with two attached hydrogens (primary N) is 1. The van der Waals surface area contributed by atoms with Crippen molar-refractivity contribution in [1.29, 1.82) is 0 Å². The van der Waals surface area contributed by atoms with E-state index in [1.165, 1.54) is 6.20 Å². The van der Waals surface area contributed by atoms with Crippen molar-refractivity contribution in [1.82, 2.24) is 5.32 Å². The van der Waals surface area contributed by atoms with Gasteiger partial charge in [0.2, 0.25) is 0 Å². The van der Waals surface area contributed by atoms with Crippen molar-refractivity contribution in [2.75, 3.05) is 6.61 Å². The second-order valence-corrected chi connectivity index (χ2v) is 2.21. The molecule has 3 N–H and O–H groups in total. The van der Waals surface area contributed by atoms with Crippen LogP contribution in [0.25, 0.3) is 0 Å². The minimum Gasteiger partial charge on any atom is -0.463 e. The van der Waals surface area contributed by atoms with Gasteiger partial charge in [0.15, 0.2) is 0 Å². The monoisotopic (exact) mass is 200 g/mol. The lowest BCUT2D eigenvalue weighted by Crippen LogP contribution is -2.23. The molecule has 80 valence electrons. The highest BCUT2D eigenvalue weighted by atomic mass is 16.5. The topological polar surface area (TPSA) is 81.4 Å². The molecule has 0 aliphatic rings. The van der Waals surface area contributed by atoms with Gasteiger partial charge in [-0.05, 0) is 20.0 Å². The molecule has 0 heterocycles. The third kappa shape index (κ3) is 12.9. The van der Waals surface area contributed by atoms with Crippen LogP contribution < -0.4 is 11.1 Å². The molecule has 0 aromatic heterocycles. The Morgan fingerprint density at radius 1 is 1.57 bits per heavy atom. The standard InChI is InChI=1S/C6H10O2.C3H6N2O/c1-4-8-6(7)5(2)3;1-2-5-3(4)6/h2,4H2,1,3H3;2H,1H2,(H3,4,5,6). The number of hydrogen-bond acceptors (Lipinski definition) is 3. The third-order valence-corrected chi connectivity index (χ3v) is 0.868. The first-order valence-electron chi connectivity index (χ1n) is 3.95. The zero-order chi connectivity index (χ0) is 11.6. The average molecular weight is 200 g/mol.